The second-order valence-electron chi connectivity index (χ2n) is 2.51. The van der Waals surface area contributed by atoms with E-state index in [1.807, 2.05) is 13.8 Å². The van der Waals surface area contributed by atoms with Crippen molar-refractivity contribution in [2.45, 2.75) is 13.8 Å². The quantitative estimate of drug-likeness (QED) is 0.562. The van der Waals surface area contributed by atoms with E-state index in [-0.39, 0.29) is 0 Å². The molecule has 0 aromatic heterocycles. The SMILES string of the molecule is CC(=NCCN)C(C)=NCCN. The largest absolute Gasteiger partial charge is 0.329 e. The minimum absolute atomic E-state index is 0.585. The van der Waals surface area contributed by atoms with Crippen LogP contribution in [0.5, 0.6) is 0 Å². The molecule has 12 heavy (non-hydrogen) atoms. The Kier molecular flexibility index (Phi) is 6.51. The maximum absolute atomic E-state index is 5.31. The number of hydrogen-bond acceptors (Lipinski definition) is 4. The number of aliphatic imine (C=N–C) groups is 2. The molecular formula is C8H18N4. The van der Waals surface area contributed by atoms with Gasteiger partial charge >= 0.3 is 0 Å². The average Bonchev–Trinajstić information content (AvgIpc) is 2.10. The van der Waals surface area contributed by atoms with E-state index in [1.54, 1.807) is 0 Å². The van der Waals surface area contributed by atoms with Gasteiger partial charge < -0.3 is 11.5 Å². The van der Waals surface area contributed by atoms with Gasteiger partial charge in [0.25, 0.3) is 0 Å². The van der Waals surface area contributed by atoms with Crippen LogP contribution < -0.4 is 11.5 Å². The molecule has 0 fully saturated rings. The van der Waals surface area contributed by atoms with Crippen LogP contribution in [0, 0.1) is 0 Å². The first-order chi connectivity index (χ1) is 5.72. The van der Waals surface area contributed by atoms with Crippen LogP contribution in [0.3, 0.4) is 0 Å². The van der Waals surface area contributed by atoms with Gasteiger partial charge in [-0.25, -0.2) is 0 Å². The van der Waals surface area contributed by atoms with Crippen LogP contribution in [-0.2, 0) is 0 Å². The zero-order valence-corrected chi connectivity index (χ0v) is 7.88. The van der Waals surface area contributed by atoms with Gasteiger partial charge in [-0.15, -0.1) is 0 Å². The monoisotopic (exact) mass is 170 g/mol. The van der Waals surface area contributed by atoms with Crippen molar-refractivity contribution in [3.63, 3.8) is 0 Å². The highest BCUT2D eigenvalue weighted by Crippen LogP contribution is 1.84. The molecule has 0 rings (SSSR count). The molecule has 0 saturated heterocycles. The number of hydrogen-bond donors (Lipinski definition) is 2. The maximum Gasteiger partial charge on any atom is 0.0525 e. The Labute approximate surface area is 73.8 Å². The molecule has 4 nitrogen and oxygen atoms in total. The summed E-state index contributed by atoms with van der Waals surface area (Å²) < 4.78 is 0. The van der Waals surface area contributed by atoms with Crippen LogP contribution in [0.25, 0.3) is 0 Å². The van der Waals surface area contributed by atoms with Crippen LogP contribution in [-0.4, -0.2) is 37.6 Å². The first-order valence-electron chi connectivity index (χ1n) is 4.15. The highest BCUT2D eigenvalue weighted by Gasteiger charge is 1.93. The summed E-state index contributed by atoms with van der Waals surface area (Å²) in [6.45, 7) is 6.38. The predicted octanol–water partition coefficient (Wildman–Crippen LogP) is -0.174. The fourth-order valence-corrected chi connectivity index (χ4v) is 0.693. The number of nitrogens with two attached hydrogens (primary N) is 2. The molecule has 0 radical (unpaired) electrons. The second kappa shape index (κ2) is 6.94. The summed E-state index contributed by atoms with van der Waals surface area (Å²) in [7, 11) is 0. The molecule has 0 unspecified atom stereocenters. The first-order valence-corrected chi connectivity index (χ1v) is 4.15. The average molecular weight is 170 g/mol. The Bertz CT molecular complexity index is 152. The van der Waals surface area contributed by atoms with E-state index in [4.69, 9.17) is 11.5 Å². The van der Waals surface area contributed by atoms with Gasteiger partial charge in [0.2, 0.25) is 0 Å². The van der Waals surface area contributed by atoms with Gasteiger partial charge in [0.1, 0.15) is 0 Å². The Balaban J connectivity index is 3.98. The van der Waals surface area contributed by atoms with Crippen molar-refractivity contribution in [2.75, 3.05) is 26.2 Å². The highest BCUT2D eigenvalue weighted by molar-refractivity contribution is 6.40. The Morgan fingerprint density at radius 3 is 1.50 bits per heavy atom. The number of rotatable bonds is 5. The fraction of sp³-hybridized carbons (Fsp3) is 0.750. The summed E-state index contributed by atoms with van der Waals surface area (Å²) in [5, 5.41) is 0. The Morgan fingerprint density at radius 2 is 1.25 bits per heavy atom. The van der Waals surface area contributed by atoms with Gasteiger partial charge in [-0.3, -0.25) is 9.98 Å². The maximum atomic E-state index is 5.31. The number of nitrogens with zero attached hydrogens (tertiary/aromatic N) is 2. The van der Waals surface area contributed by atoms with Crippen molar-refractivity contribution < 1.29 is 0 Å². The predicted molar refractivity (Wildman–Crippen MR) is 54.1 cm³/mol. The molecule has 0 spiro atoms. The van der Waals surface area contributed by atoms with Gasteiger partial charge in [0.15, 0.2) is 0 Å². The summed E-state index contributed by atoms with van der Waals surface area (Å²) in [6, 6.07) is 0. The normalized spacial score (nSPS) is 13.7. The molecule has 0 bridgehead atoms. The molecule has 4 heteroatoms. The molecule has 0 aromatic carbocycles. The van der Waals surface area contributed by atoms with Crippen LogP contribution in [0.15, 0.2) is 9.98 Å². The van der Waals surface area contributed by atoms with Crippen molar-refractivity contribution in [1.29, 1.82) is 0 Å². The molecule has 0 aliphatic rings. The Hall–Kier alpha value is -0.740. The molecule has 0 atom stereocenters. The standard InChI is InChI=1S/C8H18N4/c1-7(11-5-3-9)8(2)12-6-4-10/h3-6,9-10H2,1-2H3. The minimum Gasteiger partial charge on any atom is -0.329 e. The molecule has 0 aromatic rings. The highest BCUT2D eigenvalue weighted by atomic mass is 14.8. The van der Waals surface area contributed by atoms with E-state index < -0.39 is 0 Å². The minimum atomic E-state index is 0.585. The molecule has 0 aliphatic carbocycles. The summed E-state index contributed by atoms with van der Waals surface area (Å²) in [6.07, 6.45) is 0. The third kappa shape index (κ3) is 4.98. The zero-order chi connectivity index (χ0) is 9.40. The van der Waals surface area contributed by atoms with Crippen molar-refractivity contribution in [2.24, 2.45) is 21.5 Å². The fourth-order valence-electron chi connectivity index (χ4n) is 0.693. The van der Waals surface area contributed by atoms with Crippen molar-refractivity contribution in [3.8, 4) is 0 Å². The lowest BCUT2D eigenvalue weighted by Crippen LogP contribution is -2.12. The van der Waals surface area contributed by atoms with Crippen LogP contribution in [0.4, 0.5) is 0 Å². The van der Waals surface area contributed by atoms with Gasteiger partial charge in [-0.05, 0) is 13.8 Å². The lowest BCUT2D eigenvalue weighted by atomic mass is 10.3. The van der Waals surface area contributed by atoms with E-state index in [1.165, 1.54) is 0 Å². The van der Waals surface area contributed by atoms with E-state index in [0.717, 1.165) is 11.4 Å². The van der Waals surface area contributed by atoms with E-state index in [0.29, 0.717) is 26.2 Å². The molecular weight excluding hydrogens is 152 g/mol. The van der Waals surface area contributed by atoms with Gasteiger partial charge in [0.05, 0.1) is 24.5 Å². The van der Waals surface area contributed by atoms with Gasteiger partial charge in [-0.1, -0.05) is 0 Å². The van der Waals surface area contributed by atoms with Crippen LogP contribution in [0.2, 0.25) is 0 Å². The topological polar surface area (TPSA) is 76.8 Å². The Morgan fingerprint density at radius 1 is 0.917 bits per heavy atom. The molecule has 4 N–H and O–H groups in total. The summed E-state index contributed by atoms with van der Waals surface area (Å²) in [5.74, 6) is 0. The van der Waals surface area contributed by atoms with E-state index >= 15 is 0 Å². The van der Waals surface area contributed by atoms with E-state index in [9.17, 15) is 0 Å². The molecule has 0 saturated carbocycles. The lowest BCUT2D eigenvalue weighted by Gasteiger charge is -1.99. The summed E-state index contributed by atoms with van der Waals surface area (Å²) >= 11 is 0. The van der Waals surface area contributed by atoms with Gasteiger partial charge in [0, 0.05) is 13.1 Å². The van der Waals surface area contributed by atoms with Crippen molar-refractivity contribution >= 4 is 11.4 Å². The smallest absolute Gasteiger partial charge is 0.0525 e. The molecule has 0 heterocycles. The summed E-state index contributed by atoms with van der Waals surface area (Å²) in [5.41, 5.74) is 12.5. The lowest BCUT2D eigenvalue weighted by molar-refractivity contribution is 0.968. The second-order valence-corrected chi connectivity index (χ2v) is 2.51. The first kappa shape index (κ1) is 11.3. The van der Waals surface area contributed by atoms with Gasteiger partial charge in [-0.2, -0.15) is 0 Å². The molecule has 70 valence electrons. The zero-order valence-electron chi connectivity index (χ0n) is 7.88. The molecule has 0 aliphatic heterocycles. The molecule has 0 amide bonds. The summed E-state index contributed by atoms with van der Waals surface area (Å²) in [4.78, 5) is 8.43. The van der Waals surface area contributed by atoms with Crippen molar-refractivity contribution in [1.82, 2.24) is 0 Å². The van der Waals surface area contributed by atoms with Crippen LogP contribution >= 0.6 is 0 Å². The van der Waals surface area contributed by atoms with E-state index in [2.05, 4.69) is 9.98 Å². The van der Waals surface area contributed by atoms with Crippen molar-refractivity contribution in [3.05, 3.63) is 0 Å². The van der Waals surface area contributed by atoms with Crippen LogP contribution in [0.1, 0.15) is 13.8 Å². The third-order valence-electron chi connectivity index (χ3n) is 1.48. The third-order valence-corrected chi connectivity index (χ3v) is 1.48.